The van der Waals surface area contributed by atoms with E-state index in [4.69, 9.17) is 4.74 Å². The van der Waals surface area contributed by atoms with Gasteiger partial charge in [-0.2, -0.15) is 5.10 Å². The Kier molecular flexibility index (Phi) is 5.81. The number of aryl methyl sites for hydroxylation is 2. The highest BCUT2D eigenvalue weighted by Gasteiger charge is 2.13. The van der Waals surface area contributed by atoms with Crippen LogP contribution in [0.3, 0.4) is 0 Å². The van der Waals surface area contributed by atoms with Crippen LogP contribution in [0.15, 0.2) is 33.2 Å². The first-order chi connectivity index (χ1) is 9.65. The van der Waals surface area contributed by atoms with E-state index in [1.807, 2.05) is 16.8 Å². The highest BCUT2D eigenvalue weighted by molar-refractivity contribution is 9.10. The molecule has 2 rings (SSSR count). The summed E-state index contributed by atoms with van der Waals surface area (Å²) in [4.78, 5) is 0. The molecule has 1 aromatic heterocycles. The van der Waals surface area contributed by atoms with Crippen LogP contribution in [-0.4, -0.2) is 9.78 Å². The number of hydrogen-bond donors (Lipinski definition) is 0. The minimum atomic E-state index is 0.563. The van der Waals surface area contributed by atoms with Crippen molar-refractivity contribution in [1.82, 2.24) is 9.78 Å². The number of ether oxygens (including phenoxy) is 1. The average molecular weight is 402 g/mol. The van der Waals surface area contributed by atoms with Crippen molar-refractivity contribution in [2.45, 2.75) is 40.0 Å². The maximum Gasteiger partial charge on any atom is 0.0900 e. The van der Waals surface area contributed by atoms with Crippen LogP contribution in [0.25, 0.3) is 0 Å². The lowest BCUT2D eigenvalue weighted by Crippen LogP contribution is -2.05. The van der Waals surface area contributed by atoms with Gasteiger partial charge in [0, 0.05) is 11.0 Å². The Bertz CT molecular complexity index is 581. The third kappa shape index (κ3) is 3.71. The van der Waals surface area contributed by atoms with Crippen LogP contribution in [0.4, 0.5) is 0 Å². The fourth-order valence-electron chi connectivity index (χ4n) is 2.05. The Balaban J connectivity index is 2.02. The van der Waals surface area contributed by atoms with Gasteiger partial charge in [-0.25, -0.2) is 0 Å². The minimum absolute atomic E-state index is 0.563. The lowest BCUT2D eigenvalue weighted by molar-refractivity contribution is 0.101. The van der Waals surface area contributed by atoms with Crippen molar-refractivity contribution in [3.63, 3.8) is 0 Å². The number of rotatable bonds is 6. The van der Waals surface area contributed by atoms with Crippen molar-refractivity contribution in [2.75, 3.05) is 0 Å². The van der Waals surface area contributed by atoms with Gasteiger partial charge < -0.3 is 4.74 Å². The smallest absolute Gasteiger partial charge is 0.0900 e. The highest BCUT2D eigenvalue weighted by atomic mass is 79.9. The molecule has 0 atom stereocenters. The Morgan fingerprint density at radius 1 is 1.20 bits per heavy atom. The number of benzene rings is 1. The van der Waals surface area contributed by atoms with E-state index < -0.39 is 0 Å². The van der Waals surface area contributed by atoms with Gasteiger partial charge in [0.2, 0.25) is 0 Å². The second-order valence-corrected chi connectivity index (χ2v) is 6.21. The van der Waals surface area contributed by atoms with Crippen molar-refractivity contribution in [3.8, 4) is 0 Å². The molecule has 1 heterocycles. The predicted molar refractivity (Wildman–Crippen MR) is 87.6 cm³/mol. The second kappa shape index (κ2) is 7.38. The summed E-state index contributed by atoms with van der Waals surface area (Å²) >= 11 is 7.10. The van der Waals surface area contributed by atoms with Crippen LogP contribution in [0, 0.1) is 0 Å². The Morgan fingerprint density at radius 2 is 2.00 bits per heavy atom. The van der Waals surface area contributed by atoms with Crippen molar-refractivity contribution in [2.24, 2.45) is 0 Å². The van der Waals surface area contributed by atoms with Gasteiger partial charge in [-0.05, 0) is 47.0 Å². The lowest BCUT2D eigenvalue weighted by Gasteiger charge is -2.07. The molecule has 0 saturated carbocycles. The van der Waals surface area contributed by atoms with E-state index >= 15 is 0 Å². The summed E-state index contributed by atoms with van der Waals surface area (Å²) in [6.07, 6.45) is 0.923. The zero-order chi connectivity index (χ0) is 14.5. The summed E-state index contributed by atoms with van der Waals surface area (Å²) in [6.45, 7) is 6.22. The first kappa shape index (κ1) is 15.7. The summed E-state index contributed by atoms with van der Waals surface area (Å²) in [6, 6.07) is 8.17. The molecule has 0 aliphatic carbocycles. The normalized spacial score (nSPS) is 11.0. The van der Waals surface area contributed by atoms with Crippen LogP contribution >= 0.6 is 31.9 Å². The molecule has 108 valence electrons. The van der Waals surface area contributed by atoms with Crippen molar-refractivity contribution >= 4 is 31.9 Å². The molecule has 0 spiro atoms. The van der Waals surface area contributed by atoms with Gasteiger partial charge in [-0.3, -0.25) is 4.68 Å². The number of halogens is 2. The number of aromatic nitrogens is 2. The third-order valence-electron chi connectivity index (χ3n) is 3.09. The topological polar surface area (TPSA) is 27.1 Å². The van der Waals surface area contributed by atoms with Gasteiger partial charge in [0.25, 0.3) is 0 Å². The molecule has 0 amide bonds. The molecular weight excluding hydrogens is 384 g/mol. The zero-order valence-electron chi connectivity index (χ0n) is 11.7. The van der Waals surface area contributed by atoms with E-state index in [1.165, 1.54) is 0 Å². The van der Waals surface area contributed by atoms with Gasteiger partial charge in [-0.1, -0.05) is 35.0 Å². The molecule has 0 unspecified atom stereocenters. The van der Waals surface area contributed by atoms with Gasteiger partial charge in [0.1, 0.15) is 0 Å². The second-order valence-electron chi connectivity index (χ2n) is 4.50. The SMILES string of the molecule is CCc1nn(CC)c(COCc2cccc(Br)c2)c1Br. The van der Waals surface area contributed by atoms with E-state index in [2.05, 4.69) is 62.9 Å². The summed E-state index contributed by atoms with van der Waals surface area (Å²) in [5.74, 6) is 0. The first-order valence-electron chi connectivity index (χ1n) is 6.71. The summed E-state index contributed by atoms with van der Waals surface area (Å²) < 4.78 is 9.99. The quantitative estimate of drug-likeness (QED) is 0.700. The van der Waals surface area contributed by atoms with Crippen LogP contribution in [0.5, 0.6) is 0 Å². The molecule has 1 aromatic carbocycles. The van der Waals surface area contributed by atoms with Crippen molar-refractivity contribution in [1.29, 1.82) is 0 Å². The third-order valence-corrected chi connectivity index (χ3v) is 4.50. The van der Waals surface area contributed by atoms with Gasteiger partial charge in [-0.15, -0.1) is 0 Å². The highest BCUT2D eigenvalue weighted by Crippen LogP contribution is 2.23. The molecule has 0 saturated heterocycles. The van der Waals surface area contributed by atoms with Crippen LogP contribution < -0.4 is 0 Å². The van der Waals surface area contributed by atoms with Gasteiger partial charge in [0.05, 0.1) is 29.1 Å². The molecule has 0 bridgehead atoms. The predicted octanol–water partition coefficient (Wildman–Crippen LogP) is 4.71. The molecule has 0 radical (unpaired) electrons. The average Bonchev–Trinajstić information content (AvgIpc) is 2.75. The van der Waals surface area contributed by atoms with Crippen LogP contribution in [0.1, 0.15) is 30.8 Å². The molecule has 0 N–H and O–H groups in total. The molecule has 0 aliphatic rings. The van der Waals surface area contributed by atoms with E-state index in [-0.39, 0.29) is 0 Å². The standard InChI is InChI=1S/C15H18Br2N2O/c1-3-13-15(17)14(19(4-2)18-13)10-20-9-11-6-5-7-12(16)8-11/h5-8H,3-4,9-10H2,1-2H3. The molecule has 3 nitrogen and oxygen atoms in total. The fraction of sp³-hybridized carbons (Fsp3) is 0.400. The molecule has 0 aliphatic heterocycles. The van der Waals surface area contributed by atoms with E-state index in [0.29, 0.717) is 13.2 Å². The Hall–Kier alpha value is -0.650. The van der Waals surface area contributed by atoms with Crippen LogP contribution in [0.2, 0.25) is 0 Å². The Morgan fingerprint density at radius 3 is 2.65 bits per heavy atom. The maximum absolute atomic E-state index is 5.83. The zero-order valence-corrected chi connectivity index (χ0v) is 14.9. The maximum atomic E-state index is 5.83. The van der Waals surface area contributed by atoms with Crippen molar-refractivity contribution in [3.05, 3.63) is 50.2 Å². The van der Waals surface area contributed by atoms with Crippen molar-refractivity contribution < 1.29 is 4.74 Å². The molecule has 5 heteroatoms. The first-order valence-corrected chi connectivity index (χ1v) is 8.30. The fourth-order valence-corrected chi connectivity index (χ4v) is 3.17. The Labute approximate surface area is 136 Å². The summed E-state index contributed by atoms with van der Waals surface area (Å²) in [7, 11) is 0. The van der Waals surface area contributed by atoms with E-state index in [9.17, 15) is 0 Å². The molecule has 0 fully saturated rings. The van der Waals surface area contributed by atoms with E-state index in [1.54, 1.807) is 0 Å². The monoisotopic (exact) mass is 400 g/mol. The van der Waals surface area contributed by atoms with Gasteiger partial charge >= 0.3 is 0 Å². The largest absolute Gasteiger partial charge is 0.370 e. The lowest BCUT2D eigenvalue weighted by atomic mass is 10.2. The summed E-state index contributed by atoms with van der Waals surface area (Å²) in [5.41, 5.74) is 3.36. The van der Waals surface area contributed by atoms with E-state index in [0.717, 1.165) is 38.9 Å². The van der Waals surface area contributed by atoms with Crippen LogP contribution in [-0.2, 0) is 30.9 Å². The summed E-state index contributed by atoms with van der Waals surface area (Å²) in [5, 5.41) is 4.57. The number of nitrogens with zero attached hydrogens (tertiary/aromatic N) is 2. The minimum Gasteiger partial charge on any atom is -0.370 e. The van der Waals surface area contributed by atoms with Gasteiger partial charge in [0.15, 0.2) is 0 Å². The number of hydrogen-bond acceptors (Lipinski definition) is 2. The molecule has 20 heavy (non-hydrogen) atoms. The molecular formula is C15H18Br2N2O. The molecule has 2 aromatic rings.